The second kappa shape index (κ2) is 6.06. The number of rotatable bonds is 5. The van der Waals surface area contributed by atoms with Gasteiger partial charge < -0.3 is 8.83 Å². The van der Waals surface area contributed by atoms with Crippen molar-refractivity contribution in [2.75, 3.05) is 11.5 Å². The fourth-order valence-electron chi connectivity index (χ4n) is 2.08. The smallest absolute Gasteiger partial charge is 0.256 e. The van der Waals surface area contributed by atoms with Gasteiger partial charge >= 0.3 is 0 Å². The molecule has 0 bridgehead atoms. The molecule has 0 aliphatic carbocycles. The van der Waals surface area contributed by atoms with Crippen molar-refractivity contribution in [3.63, 3.8) is 0 Å². The van der Waals surface area contributed by atoms with E-state index in [1.54, 1.807) is 23.5 Å². The van der Waals surface area contributed by atoms with Crippen LogP contribution in [0.5, 0.6) is 0 Å². The molecule has 0 unspecified atom stereocenters. The molecule has 4 rings (SSSR count). The molecule has 4 nitrogen and oxygen atoms in total. The third-order valence-electron chi connectivity index (χ3n) is 3.08. The number of hydrogen-bond acceptors (Lipinski definition) is 6. The van der Waals surface area contributed by atoms with E-state index in [1.807, 2.05) is 48.5 Å². The predicted molar refractivity (Wildman–Crippen MR) is 89.5 cm³/mol. The van der Waals surface area contributed by atoms with Gasteiger partial charge in [-0.2, -0.15) is 0 Å². The van der Waals surface area contributed by atoms with Crippen LogP contribution in [0, 0.1) is 0 Å². The minimum Gasteiger partial charge on any atom is -0.431 e. The maximum absolute atomic E-state index is 5.67. The molecule has 0 fully saturated rings. The van der Waals surface area contributed by atoms with Crippen molar-refractivity contribution in [1.29, 1.82) is 0 Å². The first kappa shape index (κ1) is 13.7. The van der Waals surface area contributed by atoms with Crippen molar-refractivity contribution < 1.29 is 8.83 Å². The van der Waals surface area contributed by atoms with Gasteiger partial charge in [-0.3, -0.25) is 0 Å². The van der Waals surface area contributed by atoms with E-state index in [-0.39, 0.29) is 0 Å². The molecule has 2 aromatic heterocycles. The van der Waals surface area contributed by atoms with Gasteiger partial charge in [0.05, 0.1) is 0 Å². The zero-order chi connectivity index (χ0) is 14.8. The van der Waals surface area contributed by atoms with E-state index in [0.717, 1.165) is 33.7 Å². The molecule has 0 amide bonds. The monoisotopic (exact) mass is 328 g/mol. The highest BCUT2D eigenvalue weighted by atomic mass is 32.2. The molecule has 4 aromatic rings. The number of oxazole rings is 2. The molecule has 2 heterocycles. The number of aromatic nitrogens is 2. The van der Waals surface area contributed by atoms with Gasteiger partial charge in [0.2, 0.25) is 0 Å². The van der Waals surface area contributed by atoms with Crippen molar-refractivity contribution in [3.8, 4) is 0 Å². The molecule has 0 radical (unpaired) electrons. The summed E-state index contributed by atoms with van der Waals surface area (Å²) in [6.07, 6.45) is 0. The molecule has 0 spiro atoms. The normalized spacial score (nSPS) is 11.5. The lowest BCUT2D eigenvalue weighted by Crippen LogP contribution is -1.84. The molecular weight excluding hydrogens is 316 g/mol. The number of nitrogens with zero attached hydrogens (tertiary/aromatic N) is 2. The molecule has 110 valence electrons. The average molecular weight is 328 g/mol. The quantitative estimate of drug-likeness (QED) is 0.385. The van der Waals surface area contributed by atoms with Gasteiger partial charge in [-0.15, -0.1) is 0 Å². The maximum Gasteiger partial charge on any atom is 0.256 e. The van der Waals surface area contributed by atoms with Crippen molar-refractivity contribution in [2.45, 2.75) is 10.4 Å². The Balaban J connectivity index is 1.35. The van der Waals surface area contributed by atoms with Crippen molar-refractivity contribution in [1.82, 2.24) is 9.97 Å². The fourth-order valence-corrected chi connectivity index (χ4v) is 3.72. The standard InChI is InChI=1S/C16H12N2O2S2/c1-3-7-13-11(5-1)17-15(19-13)21-9-10-22-16-18-12-6-2-4-8-14(12)20-16/h1-8H,9-10H2. The Kier molecular flexibility index (Phi) is 3.78. The molecular formula is C16H12N2O2S2. The number of hydrogen-bond donors (Lipinski definition) is 0. The van der Waals surface area contributed by atoms with E-state index in [2.05, 4.69) is 9.97 Å². The van der Waals surface area contributed by atoms with E-state index in [4.69, 9.17) is 8.83 Å². The number of fused-ring (bicyclic) bond motifs is 2. The van der Waals surface area contributed by atoms with Crippen LogP contribution in [0.1, 0.15) is 0 Å². The highest BCUT2D eigenvalue weighted by Gasteiger charge is 2.08. The Bertz CT molecular complexity index is 774. The van der Waals surface area contributed by atoms with Crippen LogP contribution in [0.3, 0.4) is 0 Å². The molecule has 0 aliphatic heterocycles. The van der Waals surface area contributed by atoms with E-state index in [9.17, 15) is 0 Å². The third-order valence-corrected chi connectivity index (χ3v) is 5.00. The third kappa shape index (κ3) is 2.84. The summed E-state index contributed by atoms with van der Waals surface area (Å²) in [7, 11) is 0. The Morgan fingerprint density at radius 2 is 1.14 bits per heavy atom. The van der Waals surface area contributed by atoms with E-state index >= 15 is 0 Å². The topological polar surface area (TPSA) is 52.1 Å². The zero-order valence-corrected chi connectivity index (χ0v) is 13.2. The van der Waals surface area contributed by atoms with Crippen LogP contribution in [-0.4, -0.2) is 21.5 Å². The Hall–Kier alpha value is -1.92. The first-order valence-electron chi connectivity index (χ1n) is 6.85. The summed E-state index contributed by atoms with van der Waals surface area (Å²) in [6.45, 7) is 0. The summed E-state index contributed by atoms with van der Waals surface area (Å²) >= 11 is 3.21. The Labute approximate surface area is 135 Å². The van der Waals surface area contributed by atoms with Crippen LogP contribution < -0.4 is 0 Å². The van der Waals surface area contributed by atoms with Gasteiger partial charge in [-0.05, 0) is 24.3 Å². The van der Waals surface area contributed by atoms with Gasteiger partial charge in [-0.1, -0.05) is 47.8 Å². The molecule has 2 aromatic carbocycles. The molecule has 0 saturated heterocycles. The summed E-state index contributed by atoms with van der Waals surface area (Å²) < 4.78 is 11.3. The molecule has 6 heteroatoms. The highest BCUT2D eigenvalue weighted by Crippen LogP contribution is 2.27. The van der Waals surface area contributed by atoms with Gasteiger partial charge in [0, 0.05) is 11.5 Å². The molecule has 0 atom stereocenters. The van der Waals surface area contributed by atoms with Crippen LogP contribution in [0.4, 0.5) is 0 Å². The minimum atomic E-state index is 0.708. The van der Waals surface area contributed by atoms with Crippen molar-refractivity contribution >= 4 is 45.7 Å². The second-order valence-corrected chi connectivity index (χ2v) is 6.68. The maximum atomic E-state index is 5.67. The minimum absolute atomic E-state index is 0.708. The van der Waals surface area contributed by atoms with Crippen molar-refractivity contribution in [3.05, 3.63) is 48.5 Å². The number of thioether (sulfide) groups is 2. The molecule has 22 heavy (non-hydrogen) atoms. The summed E-state index contributed by atoms with van der Waals surface area (Å²) in [5.74, 6) is 1.77. The van der Waals surface area contributed by atoms with Crippen LogP contribution in [-0.2, 0) is 0 Å². The van der Waals surface area contributed by atoms with Crippen LogP contribution in [0.15, 0.2) is 67.8 Å². The van der Waals surface area contributed by atoms with Gasteiger partial charge in [0.1, 0.15) is 11.0 Å². The molecule has 0 N–H and O–H groups in total. The van der Waals surface area contributed by atoms with E-state index in [0.29, 0.717) is 10.4 Å². The van der Waals surface area contributed by atoms with Crippen LogP contribution >= 0.6 is 23.5 Å². The van der Waals surface area contributed by atoms with E-state index in [1.165, 1.54) is 0 Å². The average Bonchev–Trinajstić information content (AvgIpc) is 3.14. The number of para-hydroxylation sites is 4. The predicted octanol–water partition coefficient (Wildman–Crippen LogP) is 4.85. The van der Waals surface area contributed by atoms with E-state index < -0.39 is 0 Å². The molecule has 0 saturated carbocycles. The lowest BCUT2D eigenvalue weighted by atomic mass is 10.3. The first-order valence-corrected chi connectivity index (χ1v) is 8.82. The van der Waals surface area contributed by atoms with Gasteiger partial charge in [0.25, 0.3) is 10.4 Å². The SMILES string of the molecule is c1ccc2oc(SCCSc3nc4ccccc4o3)nc2c1. The first-order chi connectivity index (χ1) is 10.9. The summed E-state index contributed by atoms with van der Waals surface area (Å²) in [4.78, 5) is 8.88. The lowest BCUT2D eigenvalue weighted by molar-refractivity contribution is 0.488. The second-order valence-electron chi connectivity index (χ2n) is 4.59. The Morgan fingerprint density at radius 1 is 0.682 bits per heavy atom. The summed E-state index contributed by atoms with van der Waals surface area (Å²) in [5, 5.41) is 1.42. The van der Waals surface area contributed by atoms with Gasteiger partial charge in [0.15, 0.2) is 11.2 Å². The summed E-state index contributed by atoms with van der Waals surface area (Å²) in [6, 6.07) is 15.6. The Morgan fingerprint density at radius 3 is 1.59 bits per heavy atom. The number of benzene rings is 2. The van der Waals surface area contributed by atoms with Crippen molar-refractivity contribution in [2.24, 2.45) is 0 Å². The van der Waals surface area contributed by atoms with Crippen LogP contribution in [0.25, 0.3) is 22.2 Å². The largest absolute Gasteiger partial charge is 0.431 e. The summed E-state index contributed by atoms with van der Waals surface area (Å²) in [5.41, 5.74) is 3.46. The van der Waals surface area contributed by atoms with Gasteiger partial charge in [-0.25, -0.2) is 9.97 Å². The highest BCUT2D eigenvalue weighted by molar-refractivity contribution is 8.02. The van der Waals surface area contributed by atoms with Crippen LogP contribution in [0.2, 0.25) is 0 Å². The fraction of sp³-hybridized carbons (Fsp3) is 0.125. The molecule has 0 aliphatic rings. The zero-order valence-electron chi connectivity index (χ0n) is 11.6. The lowest BCUT2D eigenvalue weighted by Gasteiger charge is -1.94.